The number of hydrogen-bond acceptors (Lipinski definition) is 4. The molecule has 2 aromatic heterocycles. The lowest BCUT2D eigenvalue weighted by Crippen LogP contribution is -2.36. The van der Waals surface area contributed by atoms with Gasteiger partial charge in [0.1, 0.15) is 11.9 Å². The topological polar surface area (TPSA) is 88.2 Å². The lowest BCUT2D eigenvalue weighted by atomic mass is 9.75. The average Bonchev–Trinajstić information content (AvgIpc) is 3.50. The molecule has 6 heteroatoms. The molecule has 2 aliphatic carbocycles. The van der Waals surface area contributed by atoms with E-state index in [2.05, 4.69) is 46.4 Å². The summed E-state index contributed by atoms with van der Waals surface area (Å²) >= 11 is 0. The number of fused-ring (bicyclic) bond motifs is 2. The Morgan fingerprint density at radius 1 is 1.27 bits per heavy atom. The van der Waals surface area contributed by atoms with E-state index in [9.17, 15) is 10.2 Å². The predicted octanol–water partition coefficient (Wildman–Crippen LogP) is 3.99. The third-order valence-corrected chi connectivity index (χ3v) is 7.40. The van der Waals surface area contributed by atoms with E-state index in [1.165, 1.54) is 18.4 Å². The van der Waals surface area contributed by atoms with Gasteiger partial charge in [-0.05, 0) is 55.7 Å². The monoisotopic (exact) mass is 408 g/mol. The Hall–Kier alpha value is -2.31. The van der Waals surface area contributed by atoms with Crippen molar-refractivity contribution in [2.24, 2.45) is 11.3 Å². The van der Waals surface area contributed by atoms with Crippen LogP contribution in [0.1, 0.15) is 50.3 Å². The van der Waals surface area contributed by atoms with Crippen molar-refractivity contribution < 1.29 is 10.2 Å². The summed E-state index contributed by atoms with van der Waals surface area (Å²) in [7, 11) is 1.98. The molecule has 2 aliphatic rings. The molecule has 160 valence electrons. The van der Waals surface area contributed by atoms with E-state index in [0.717, 1.165) is 65.8 Å². The summed E-state index contributed by atoms with van der Waals surface area (Å²) in [6, 6.07) is 8.48. The first-order valence-electron chi connectivity index (χ1n) is 11.2. The minimum atomic E-state index is -0.432. The number of aromatic nitrogens is 3. The van der Waals surface area contributed by atoms with Crippen LogP contribution in [0.15, 0.2) is 24.3 Å². The van der Waals surface area contributed by atoms with Gasteiger partial charge in [-0.15, -0.1) is 0 Å². The fourth-order valence-electron chi connectivity index (χ4n) is 5.30. The normalized spacial score (nSPS) is 23.1. The summed E-state index contributed by atoms with van der Waals surface area (Å²) in [6.45, 7) is 2.34. The van der Waals surface area contributed by atoms with Gasteiger partial charge < -0.3 is 20.1 Å². The van der Waals surface area contributed by atoms with Gasteiger partial charge in [0, 0.05) is 47.4 Å². The minimum Gasteiger partial charge on any atom is -0.396 e. The van der Waals surface area contributed by atoms with E-state index in [-0.39, 0.29) is 12.0 Å². The van der Waals surface area contributed by atoms with Crippen molar-refractivity contribution in [1.29, 1.82) is 0 Å². The molecule has 30 heavy (non-hydrogen) atoms. The first-order chi connectivity index (χ1) is 14.5. The van der Waals surface area contributed by atoms with Crippen LogP contribution in [0.2, 0.25) is 0 Å². The summed E-state index contributed by atoms with van der Waals surface area (Å²) in [4.78, 5) is 5.55. The van der Waals surface area contributed by atoms with Crippen molar-refractivity contribution >= 4 is 16.6 Å². The van der Waals surface area contributed by atoms with Crippen LogP contribution in [0, 0.1) is 11.3 Å². The number of anilines is 1. The highest BCUT2D eigenvalue weighted by atomic mass is 16.3. The van der Waals surface area contributed by atoms with E-state index in [1.807, 2.05) is 11.9 Å². The van der Waals surface area contributed by atoms with Crippen molar-refractivity contribution in [2.45, 2.75) is 58.1 Å². The first-order valence-corrected chi connectivity index (χ1v) is 11.2. The minimum absolute atomic E-state index is 0.0586. The predicted molar refractivity (Wildman–Crippen MR) is 119 cm³/mol. The van der Waals surface area contributed by atoms with Crippen molar-refractivity contribution in [2.75, 3.05) is 18.6 Å². The van der Waals surface area contributed by atoms with Crippen LogP contribution < -0.4 is 4.90 Å². The first kappa shape index (κ1) is 19.6. The average molecular weight is 409 g/mol. The Morgan fingerprint density at radius 2 is 2.07 bits per heavy atom. The summed E-state index contributed by atoms with van der Waals surface area (Å²) in [5, 5.41) is 29.5. The van der Waals surface area contributed by atoms with Crippen LogP contribution in [-0.2, 0) is 12.8 Å². The second-order valence-corrected chi connectivity index (χ2v) is 9.70. The molecule has 5 rings (SSSR count). The Bertz CT molecular complexity index is 1050. The number of nitrogens with one attached hydrogen (secondary N) is 2. The Balaban J connectivity index is 1.43. The number of hydrogen-bond donors (Lipinski definition) is 4. The van der Waals surface area contributed by atoms with Gasteiger partial charge in [0.2, 0.25) is 0 Å². The van der Waals surface area contributed by atoms with Crippen LogP contribution >= 0.6 is 0 Å². The molecule has 1 saturated carbocycles. The van der Waals surface area contributed by atoms with Crippen LogP contribution in [0.5, 0.6) is 0 Å². The van der Waals surface area contributed by atoms with Gasteiger partial charge in [-0.1, -0.05) is 25.8 Å². The van der Waals surface area contributed by atoms with Crippen molar-refractivity contribution in [3.05, 3.63) is 35.5 Å². The molecule has 0 spiro atoms. The zero-order chi connectivity index (χ0) is 20.9. The van der Waals surface area contributed by atoms with Crippen LogP contribution in [0.25, 0.3) is 22.3 Å². The Labute approximate surface area is 177 Å². The maximum absolute atomic E-state index is 10.8. The number of aliphatic hydroxyl groups is 2. The van der Waals surface area contributed by atoms with Crippen LogP contribution in [-0.4, -0.2) is 45.3 Å². The van der Waals surface area contributed by atoms with E-state index in [1.54, 1.807) is 0 Å². The van der Waals surface area contributed by atoms with E-state index < -0.39 is 6.23 Å². The third-order valence-electron chi connectivity index (χ3n) is 7.40. The highest BCUT2D eigenvalue weighted by Gasteiger charge is 2.32. The molecule has 0 radical (unpaired) electrons. The van der Waals surface area contributed by atoms with Crippen molar-refractivity contribution in [1.82, 2.24) is 15.2 Å². The molecule has 0 aliphatic heterocycles. The van der Waals surface area contributed by atoms with Crippen LogP contribution in [0.3, 0.4) is 0 Å². The lowest BCUT2D eigenvalue weighted by Gasteiger charge is -2.31. The molecule has 2 heterocycles. The summed E-state index contributed by atoms with van der Waals surface area (Å²) in [6.07, 6.45) is 6.96. The standard InChI is InChI=1S/C24H32N4O2/c1-24(14-29)10-9-18-21(13-24)26-27-22(18)20-11-16-7-8-17(12-19(16)25-20)28(2)23(30)15-5-3-4-6-15/h7-8,11-12,15,23,25,29-30H,3-6,9-10,13-14H2,1-2H3,(H,26,27). The van der Waals surface area contributed by atoms with Crippen molar-refractivity contribution in [3.8, 4) is 11.4 Å². The van der Waals surface area contributed by atoms with E-state index in [0.29, 0.717) is 5.92 Å². The molecule has 6 nitrogen and oxygen atoms in total. The molecule has 0 saturated heterocycles. The quantitative estimate of drug-likeness (QED) is 0.481. The second-order valence-electron chi connectivity index (χ2n) is 9.70. The summed E-state index contributed by atoms with van der Waals surface area (Å²) in [5.41, 5.74) is 6.44. The number of benzene rings is 1. The van der Waals surface area contributed by atoms with E-state index >= 15 is 0 Å². The van der Waals surface area contributed by atoms with Gasteiger partial charge in [-0.2, -0.15) is 5.10 Å². The second kappa shape index (κ2) is 7.43. The van der Waals surface area contributed by atoms with Gasteiger partial charge in [0.05, 0.1) is 5.69 Å². The fourth-order valence-corrected chi connectivity index (χ4v) is 5.30. The maximum Gasteiger partial charge on any atom is 0.129 e. The number of aliphatic hydroxyl groups excluding tert-OH is 2. The van der Waals surface area contributed by atoms with Crippen molar-refractivity contribution in [3.63, 3.8) is 0 Å². The highest BCUT2D eigenvalue weighted by molar-refractivity contribution is 5.88. The Morgan fingerprint density at radius 3 is 2.83 bits per heavy atom. The number of H-pyrrole nitrogens is 2. The van der Waals surface area contributed by atoms with Gasteiger partial charge >= 0.3 is 0 Å². The van der Waals surface area contributed by atoms with Gasteiger partial charge in [0.25, 0.3) is 0 Å². The van der Waals surface area contributed by atoms with Gasteiger partial charge in [-0.25, -0.2) is 0 Å². The van der Waals surface area contributed by atoms with Gasteiger partial charge in [0.15, 0.2) is 0 Å². The molecule has 1 aromatic carbocycles. The number of rotatable bonds is 5. The molecule has 2 unspecified atom stereocenters. The molecule has 4 N–H and O–H groups in total. The Kier molecular flexibility index (Phi) is 4.86. The zero-order valence-corrected chi connectivity index (χ0v) is 17.9. The largest absolute Gasteiger partial charge is 0.396 e. The molecule has 2 atom stereocenters. The third kappa shape index (κ3) is 3.32. The number of aromatic amines is 2. The van der Waals surface area contributed by atoms with Gasteiger partial charge in [-0.3, -0.25) is 5.10 Å². The molecular formula is C24H32N4O2. The zero-order valence-electron chi connectivity index (χ0n) is 17.9. The highest BCUT2D eigenvalue weighted by Crippen LogP contribution is 2.38. The molecule has 3 aromatic rings. The van der Waals surface area contributed by atoms with Crippen LogP contribution in [0.4, 0.5) is 5.69 Å². The number of nitrogens with zero attached hydrogens (tertiary/aromatic N) is 2. The fraction of sp³-hybridized carbons (Fsp3) is 0.542. The van der Waals surface area contributed by atoms with E-state index in [4.69, 9.17) is 0 Å². The smallest absolute Gasteiger partial charge is 0.129 e. The molecule has 1 fully saturated rings. The summed E-state index contributed by atoms with van der Waals surface area (Å²) in [5.74, 6) is 0.366. The SMILES string of the molecule is CN(c1ccc2cc(-c3n[nH]c4c3CCC(C)(CO)C4)[nH]c2c1)C(O)C1CCCC1. The molecular weight excluding hydrogens is 376 g/mol. The molecule has 0 amide bonds. The summed E-state index contributed by atoms with van der Waals surface area (Å²) < 4.78 is 0. The maximum atomic E-state index is 10.8. The lowest BCUT2D eigenvalue weighted by molar-refractivity contribution is 0.111. The molecule has 0 bridgehead atoms.